The largest absolute Gasteiger partial charge is 0.340 e. The highest BCUT2D eigenvalue weighted by Gasteiger charge is 2.25. The predicted octanol–water partition coefficient (Wildman–Crippen LogP) is 4.69. The van der Waals surface area contributed by atoms with Crippen LogP contribution in [0.3, 0.4) is 0 Å². The normalized spacial score (nSPS) is 15.0. The van der Waals surface area contributed by atoms with Gasteiger partial charge in [-0.2, -0.15) is 4.98 Å². The van der Waals surface area contributed by atoms with E-state index in [9.17, 15) is 4.79 Å². The van der Waals surface area contributed by atoms with Gasteiger partial charge >= 0.3 is 0 Å². The van der Waals surface area contributed by atoms with Crippen LogP contribution in [0.5, 0.6) is 0 Å². The van der Waals surface area contributed by atoms with Crippen molar-refractivity contribution in [2.24, 2.45) is 0 Å². The molecule has 28 heavy (non-hydrogen) atoms. The van der Waals surface area contributed by atoms with E-state index in [1.165, 1.54) is 5.56 Å². The lowest BCUT2D eigenvalue weighted by molar-refractivity contribution is 0.0709. The zero-order valence-corrected chi connectivity index (χ0v) is 16.7. The molecule has 6 heteroatoms. The Bertz CT molecular complexity index is 934. The fourth-order valence-corrected chi connectivity index (χ4v) is 4.51. The lowest BCUT2D eigenvalue weighted by Crippen LogP contribution is -2.38. The van der Waals surface area contributed by atoms with Crippen molar-refractivity contribution in [3.05, 3.63) is 77.4 Å². The molecule has 2 heterocycles. The second-order valence-electron chi connectivity index (χ2n) is 6.99. The van der Waals surface area contributed by atoms with Gasteiger partial charge in [0.1, 0.15) is 0 Å². The third kappa shape index (κ3) is 4.28. The second kappa shape index (κ2) is 8.61. The van der Waals surface area contributed by atoms with Gasteiger partial charge in [-0.05, 0) is 36.5 Å². The molecule has 0 aliphatic carbocycles. The highest BCUT2D eigenvalue weighted by Crippen LogP contribution is 2.31. The minimum atomic E-state index is 0.110. The molecular weight excluding hydrogens is 370 g/mol. The number of thioether (sulfide) groups is 1. The number of benzene rings is 2. The van der Waals surface area contributed by atoms with Gasteiger partial charge in [0.05, 0.1) is 11.3 Å². The molecule has 0 unspecified atom stereocenters. The topological polar surface area (TPSA) is 59.2 Å². The quantitative estimate of drug-likeness (QED) is 0.589. The first-order chi connectivity index (χ1) is 13.7. The SMILES string of the molecule is Cc1nc(CSc2ccccc2C(=O)N2CCC(c3ccccc3)CC2)no1. The van der Waals surface area contributed by atoms with Crippen LogP contribution in [0.15, 0.2) is 64.0 Å². The molecule has 0 radical (unpaired) electrons. The molecule has 144 valence electrons. The first kappa shape index (κ1) is 18.7. The Hall–Kier alpha value is -2.60. The fourth-order valence-electron chi connectivity index (χ4n) is 3.62. The molecule has 4 rings (SSSR count). The molecular formula is C22H23N3O2S. The van der Waals surface area contributed by atoms with E-state index in [4.69, 9.17) is 4.52 Å². The number of nitrogens with zero attached hydrogens (tertiary/aromatic N) is 3. The predicted molar refractivity (Wildman–Crippen MR) is 109 cm³/mol. The Morgan fingerprint density at radius 1 is 1.11 bits per heavy atom. The van der Waals surface area contributed by atoms with Crippen molar-refractivity contribution in [3.63, 3.8) is 0 Å². The van der Waals surface area contributed by atoms with Gasteiger partial charge in [-0.15, -0.1) is 11.8 Å². The monoisotopic (exact) mass is 393 g/mol. The van der Waals surface area contributed by atoms with Crippen LogP contribution in [0.25, 0.3) is 0 Å². The molecule has 1 aliphatic rings. The summed E-state index contributed by atoms with van der Waals surface area (Å²) in [4.78, 5) is 20.3. The Kier molecular flexibility index (Phi) is 5.76. The Morgan fingerprint density at radius 2 is 1.82 bits per heavy atom. The zero-order chi connectivity index (χ0) is 19.3. The second-order valence-corrected chi connectivity index (χ2v) is 8.01. The smallest absolute Gasteiger partial charge is 0.254 e. The van der Waals surface area contributed by atoms with E-state index in [1.807, 2.05) is 35.2 Å². The van der Waals surface area contributed by atoms with Gasteiger partial charge < -0.3 is 9.42 Å². The molecule has 0 N–H and O–H groups in total. The molecule has 1 aliphatic heterocycles. The van der Waals surface area contributed by atoms with Crippen LogP contribution in [0.1, 0.15) is 46.4 Å². The molecule has 0 spiro atoms. The van der Waals surface area contributed by atoms with Crippen LogP contribution in [0.4, 0.5) is 0 Å². The maximum atomic E-state index is 13.1. The summed E-state index contributed by atoms with van der Waals surface area (Å²) in [7, 11) is 0. The molecule has 1 amide bonds. The van der Waals surface area contributed by atoms with E-state index in [1.54, 1.807) is 18.7 Å². The summed E-state index contributed by atoms with van der Waals surface area (Å²) >= 11 is 1.57. The molecule has 1 saturated heterocycles. The lowest BCUT2D eigenvalue weighted by Gasteiger charge is -2.32. The number of likely N-dealkylation sites (tertiary alicyclic amines) is 1. The first-order valence-electron chi connectivity index (χ1n) is 9.56. The van der Waals surface area contributed by atoms with Crippen molar-refractivity contribution in [1.29, 1.82) is 0 Å². The Morgan fingerprint density at radius 3 is 2.54 bits per heavy atom. The molecule has 1 aromatic heterocycles. The maximum absolute atomic E-state index is 13.1. The van der Waals surface area contributed by atoms with E-state index in [0.717, 1.165) is 36.4 Å². The maximum Gasteiger partial charge on any atom is 0.254 e. The number of amides is 1. The van der Waals surface area contributed by atoms with Crippen molar-refractivity contribution in [1.82, 2.24) is 15.0 Å². The van der Waals surface area contributed by atoms with Gasteiger partial charge in [0.2, 0.25) is 5.89 Å². The summed E-state index contributed by atoms with van der Waals surface area (Å²) in [5.41, 5.74) is 2.13. The van der Waals surface area contributed by atoms with Gasteiger partial charge in [-0.3, -0.25) is 4.79 Å². The Labute approximate surface area is 169 Å². The zero-order valence-electron chi connectivity index (χ0n) is 15.9. The van der Waals surface area contributed by atoms with Crippen LogP contribution in [-0.2, 0) is 5.75 Å². The van der Waals surface area contributed by atoms with Gasteiger partial charge in [-0.25, -0.2) is 0 Å². The van der Waals surface area contributed by atoms with Crippen molar-refractivity contribution >= 4 is 17.7 Å². The van der Waals surface area contributed by atoms with Crippen molar-refractivity contribution in [3.8, 4) is 0 Å². The van der Waals surface area contributed by atoms with Crippen molar-refractivity contribution < 1.29 is 9.32 Å². The summed E-state index contributed by atoms with van der Waals surface area (Å²) < 4.78 is 5.02. The number of aryl methyl sites for hydroxylation is 1. The third-order valence-electron chi connectivity index (χ3n) is 5.10. The molecule has 0 atom stereocenters. The molecule has 0 saturated carbocycles. The Balaban J connectivity index is 1.41. The van der Waals surface area contributed by atoms with Crippen LogP contribution in [-0.4, -0.2) is 34.0 Å². The summed E-state index contributed by atoms with van der Waals surface area (Å²) in [5, 5.41) is 3.93. The summed E-state index contributed by atoms with van der Waals surface area (Å²) in [6.07, 6.45) is 2.01. The van der Waals surface area contributed by atoms with Crippen molar-refractivity contribution in [2.45, 2.75) is 36.3 Å². The van der Waals surface area contributed by atoms with E-state index < -0.39 is 0 Å². The van der Waals surface area contributed by atoms with E-state index in [0.29, 0.717) is 23.4 Å². The number of aromatic nitrogens is 2. The highest BCUT2D eigenvalue weighted by atomic mass is 32.2. The fraction of sp³-hybridized carbons (Fsp3) is 0.318. The van der Waals surface area contributed by atoms with E-state index in [-0.39, 0.29) is 5.91 Å². The number of rotatable bonds is 5. The van der Waals surface area contributed by atoms with Gasteiger partial charge in [-0.1, -0.05) is 47.6 Å². The van der Waals surface area contributed by atoms with Gasteiger partial charge in [0.25, 0.3) is 5.91 Å². The first-order valence-corrected chi connectivity index (χ1v) is 10.5. The molecule has 1 fully saturated rings. The van der Waals surface area contributed by atoms with Gasteiger partial charge in [0, 0.05) is 24.9 Å². The summed E-state index contributed by atoms with van der Waals surface area (Å²) in [6.45, 7) is 3.36. The van der Waals surface area contributed by atoms with Crippen LogP contribution in [0.2, 0.25) is 0 Å². The number of carbonyl (C=O) groups excluding carboxylic acids is 1. The van der Waals surface area contributed by atoms with Crippen LogP contribution < -0.4 is 0 Å². The number of hydrogen-bond donors (Lipinski definition) is 0. The summed E-state index contributed by atoms with van der Waals surface area (Å²) in [5.74, 6) is 2.43. The molecule has 3 aromatic rings. The number of piperidine rings is 1. The molecule has 2 aromatic carbocycles. The highest BCUT2D eigenvalue weighted by molar-refractivity contribution is 7.98. The minimum absolute atomic E-state index is 0.110. The van der Waals surface area contributed by atoms with Crippen molar-refractivity contribution in [2.75, 3.05) is 13.1 Å². The standard InChI is InChI=1S/C22H23N3O2S/c1-16-23-21(24-27-16)15-28-20-10-6-5-9-19(20)22(26)25-13-11-18(12-14-25)17-7-3-2-4-8-17/h2-10,18H,11-15H2,1H3. The average Bonchev–Trinajstić information content (AvgIpc) is 3.18. The third-order valence-corrected chi connectivity index (χ3v) is 6.17. The molecule has 0 bridgehead atoms. The number of hydrogen-bond acceptors (Lipinski definition) is 5. The van der Waals surface area contributed by atoms with E-state index in [2.05, 4.69) is 34.4 Å². The molecule has 5 nitrogen and oxygen atoms in total. The van der Waals surface area contributed by atoms with Crippen LogP contribution in [0, 0.1) is 6.92 Å². The van der Waals surface area contributed by atoms with E-state index >= 15 is 0 Å². The number of carbonyl (C=O) groups is 1. The summed E-state index contributed by atoms with van der Waals surface area (Å²) in [6, 6.07) is 18.4. The average molecular weight is 394 g/mol. The minimum Gasteiger partial charge on any atom is -0.340 e. The lowest BCUT2D eigenvalue weighted by atomic mass is 9.89. The van der Waals surface area contributed by atoms with Crippen LogP contribution >= 0.6 is 11.8 Å². The van der Waals surface area contributed by atoms with Gasteiger partial charge in [0.15, 0.2) is 5.82 Å².